The van der Waals surface area contributed by atoms with E-state index in [1.807, 2.05) is 6.07 Å². The largest absolute Gasteiger partial charge is 0.360 e. The lowest BCUT2D eigenvalue weighted by Crippen LogP contribution is -2.45. The van der Waals surface area contributed by atoms with E-state index >= 15 is 0 Å². The molecule has 114 valence electrons. The minimum Gasteiger partial charge on any atom is -0.360 e. The Labute approximate surface area is 133 Å². The molecule has 2 nitrogen and oxygen atoms in total. The average Bonchev–Trinajstić information content (AvgIpc) is 3.10. The maximum absolute atomic E-state index is 5.51. The SMILES string of the molecule is C[C@H](NC(=S)N[C@@H](C)[C@@H]1C[C@H]2CC[C@H]1C2)c1ccccc1. The molecule has 3 heteroatoms. The highest BCUT2D eigenvalue weighted by molar-refractivity contribution is 7.80. The first kappa shape index (κ1) is 14.8. The molecule has 0 spiro atoms. The van der Waals surface area contributed by atoms with Crippen LogP contribution >= 0.6 is 12.2 Å². The van der Waals surface area contributed by atoms with Gasteiger partial charge in [-0.25, -0.2) is 0 Å². The van der Waals surface area contributed by atoms with E-state index in [0.717, 1.165) is 22.9 Å². The highest BCUT2D eigenvalue weighted by Gasteiger charge is 2.41. The van der Waals surface area contributed by atoms with Gasteiger partial charge in [0.05, 0.1) is 6.04 Å². The smallest absolute Gasteiger partial charge is 0.166 e. The number of hydrogen-bond donors (Lipinski definition) is 2. The van der Waals surface area contributed by atoms with Crippen molar-refractivity contribution in [2.24, 2.45) is 17.8 Å². The number of rotatable bonds is 4. The van der Waals surface area contributed by atoms with Crippen molar-refractivity contribution >= 4 is 17.3 Å². The van der Waals surface area contributed by atoms with Gasteiger partial charge >= 0.3 is 0 Å². The summed E-state index contributed by atoms with van der Waals surface area (Å²) in [6, 6.07) is 11.2. The van der Waals surface area contributed by atoms with Gasteiger partial charge in [0.15, 0.2) is 5.11 Å². The second-order valence-corrected chi connectivity index (χ2v) is 7.29. The first-order valence-corrected chi connectivity index (χ1v) is 8.66. The predicted molar refractivity (Wildman–Crippen MR) is 92.1 cm³/mol. The number of thiocarbonyl (C=S) groups is 1. The summed E-state index contributed by atoms with van der Waals surface area (Å²) in [4.78, 5) is 0. The van der Waals surface area contributed by atoms with Crippen LogP contribution in [-0.4, -0.2) is 11.2 Å². The van der Waals surface area contributed by atoms with Crippen LogP contribution in [0.1, 0.15) is 51.1 Å². The molecule has 0 amide bonds. The van der Waals surface area contributed by atoms with E-state index in [9.17, 15) is 0 Å². The van der Waals surface area contributed by atoms with Gasteiger partial charge in [-0.2, -0.15) is 0 Å². The Balaban J connectivity index is 1.50. The zero-order chi connectivity index (χ0) is 14.8. The molecule has 0 radical (unpaired) electrons. The molecule has 1 aromatic rings. The minimum atomic E-state index is 0.249. The van der Waals surface area contributed by atoms with Gasteiger partial charge in [-0.1, -0.05) is 36.8 Å². The highest BCUT2D eigenvalue weighted by atomic mass is 32.1. The lowest BCUT2D eigenvalue weighted by Gasteiger charge is -2.30. The third-order valence-corrected chi connectivity index (χ3v) is 5.68. The van der Waals surface area contributed by atoms with Crippen molar-refractivity contribution < 1.29 is 0 Å². The van der Waals surface area contributed by atoms with Gasteiger partial charge in [-0.3, -0.25) is 0 Å². The van der Waals surface area contributed by atoms with Crippen LogP contribution in [0.4, 0.5) is 0 Å². The van der Waals surface area contributed by atoms with Crippen LogP contribution in [0, 0.1) is 17.8 Å². The summed E-state index contributed by atoms with van der Waals surface area (Å²) in [5.74, 6) is 2.75. The Morgan fingerprint density at radius 3 is 2.48 bits per heavy atom. The fraction of sp³-hybridized carbons (Fsp3) is 0.611. The molecule has 1 aromatic carbocycles. The topological polar surface area (TPSA) is 24.1 Å². The average molecular weight is 302 g/mol. The van der Waals surface area contributed by atoms with Gasteiger partial charge < -0.3 is 10.6 Å². The molecule has 2 bridgehead atoms. The Morgan fingerprint density at radius 1 is 1.10 bits per heavy atom. The van der Waals surface area contributed by atoms with Crippen LogP contribution < -0.4 is 10.6 Å². The first-order valence-electron chi connectivity index (χ1n) is 8.25. The molecule has 21 heavy (non-hydrogen) atoms. The molecule has 0 unspecified atom stereocenters. The third-order valence-electron chi connectivity index (χ3n) is 5.44. The first-order chi connectivity index (χ1) is 10.1. The molecule has 2 saturated carbocycles. The standard InChI is InChI=1S/C18H26N2S/c1-12(15-6-4-3-5-7-15)19-18(21)20-13(2)17-11-14-8-9-16(17)10-14/h3-7,12-14,16-17H,8-11H2,1-2H3,(H2,19,20,21)/t12-,13-,14-,16-,17-/m0/s1. The Bertz CT molecular complexity index is 487. The minimum absolute atomic E-state index is 0.249. The number of benzene rings is 1. The highest BCUT2D eigenvalue weighted by Crippen LogP contribution is 2.49. The van der Waals surface area contributed by atoms with Gasteiger partial charge in [-0.05, 0) is 68.6 Å². The zero-order valence-electron chi connectivity index (χ0n) is 13.0. The summed E-state index contributed by atoms with van der Waals surface area (Å²) in [7, 11) is 0. The van der Waals surface area contributed by atoms with E-state index in [-0.39, 0.29) is 6.04 Å². The van der Waals surface area contributed by atoms with Crippen LogP contribution in [0.2, 0.25) is 0 Å². The van der Waals surface area contributed by atoms with E-state index in [1.165, 1.54) is 31.2 Å². The Kier molecular flexibility index (Phi) is 4.48. The molecule has 0 aliphatic heterocycles. The van der Waals surface area contributed by atoms with Crippen molar-refractivity contribution in [1.82, 2.24) is 10.6 Å². The van der Waals surface area contributed by atoms with Crippen LogP contribution in [0.25, 0.3) is 0 Å². The van der Waals surface area contributed by atoms with Crippen molar-refractivity contribution in [3.8, 4) is 0 Å². The van der Waals surface area contributed by atoms with Gasteiger partial charge in [0.2, 0.25) is 0 Å². The van der Waals surface area contributed by atoms with Crippen LogP contribution in [-0.2, 0) is 0 Å². The normalized spacial score (nSPS) is 29.9. The molecule has 2 aliphatic carbocycles. The Hall–Kier alpha value is -1.09. The zero-order valence-corrected chi connectivity index (χ0v) is 13.8. The summed E-state index contributed by atoms with van der Waals surface area (Å²) in [5.41, 5.74) is 1.27. The third kappa shape index (κ3) is 3.39. The molecular weight excluding hydrogens is 276 g/mol. The molecule has 5 atom stereocenters. The molecule has 0 saturated heterocycles. The van der Waals surface area contributed by atoms with E-state index in [0.29, 0.717) is 6.04 Å². The summed E-state index contributed by atoms with van der Waals surface area (Å²) in [6.45, 7) is 4.46. The fourth-order valence-electron chi connectivity index (χ4n) is 4.28. The van der Waals surface area contributed by atoms with Crippen LogP contribution in [0.5, 0.6) is 0 Å². The van der Waals surface area contributed by atoms with E-state index < -0.39 is 0 Å². The molecule has 0 heterocycles. The second-order valence-electron chi connectivity index (χ2n) is 6.88. The lowest BCUT2D eigenvalue weighted by atomic mass is 9.84. The van der Waals surface area contributed by atoms with Gasteiger partial charge in [0.25, 0.3) is 0 Å². The Morgan fingerprint density at radius 2 is 1.86 bits per heavy atom. The summed E-state index contributed by atoms with van der Waals surface area (Å²) >= 11 is 5.51. The number of fused-ring (bicyclic) bond motifs is 2. The van der Waals surface area contributed by atoms with E-state index in [2.05, 4.69) is 48.7 Å². The van der Waals surface area contributed by atoms with Crippen molar-refractivity contribution in [3.05, 3.63) is 35.9 Å². The number of nitrogens with one attached hydrogen (secondary N) is 2. The molecule has 2 fully saturated rings. The van der Waals surface area contributed by atoms with E-state index in [4.69, 9.17) is 12.2 Å². The van der Waals surface area contributed by atoms with E-state index in [1.54, 1.807) is 0 Å². The van der Waals surface area contributed by atoms with Crippen molar-refractivity contribution in [3.63, 3.8) is 0 Å². The molecular formula is C18H26N2S. The molecule has 3 rings (SSSR count). The van der Waals surface area contributed by atoms with Crippen molar-refractivity contribution in [1.29, 1.82) is 0 Å². The molecule has 0 aromatic heterocycles. The lowest BCUT2D eigenvalue weighted by molar-refractivity contribution is 0.278. The summed E-state index contributed by atoms with van der Waals surface area (Å²) in [5, 5.41) is 7.74. The monoisotopic (exact) mass is 302 g/mol. The second kappa shape index (κ2) is 6.35. The van der Waals surface area contributed by atoms with Gasteiger partial charge in [0, 0.05) is 6.04 Å². The van der Waals surface area contributed by atoms with Crippen LogP contribution in [0.15, 0.2) is 30.3 Å². The van der Waals surface area contributed by atoms with Crippen LogP contribution in [0.3, 0.4) is 0 Å². The van der Waals surface area contributed by atoms with Crippen molar-refractivity contribution in [2.75, 3.05) is 0 Å². The van der Waals surface area contributed by atoms with Gasteiger partial charge in [0.1, 0.15) is 0 Å². The van der Waals surface area contributed by atoms with Gasteiger partial charge in [-0.15, -0.1) is 0 Å². The predicted octanol–water partition coefficient (Wildman–Crippen LogP) is 4.04. The maximum Gasteiger partial charge on any atom is 0.166 e. The molecule has 2 aliphatic rings. The van der Waals surface area contributed by atoms with Crippen molar-refractivity contribution in [2.45, 2.75) is 51.6 Å². The fourth-order valence-corrected chi connectivity index (χ4v) is 4.65. The summed E-state index contributed by atoms with van der Waals surface area (Å²) in [6.07, 6.45) is 5.75. The summed E-state index contributed by atoms with van der Waals surface area (Å²) < 4.78 is 0. The maximum atomic E-state index is 5.51. The quantitative estimate of drug-likeness (QED) is 0.821. The molecule has 2 N–H and O–H groups in total. The number of hydrogen-bond acceptors (Lipinski definition) is 1.